The van der Waals surface area contributed by atoms with Gasteiger partial charge in [0.25, 0.3) is 0 Å². The van der Waals surface area contributed by atoms with Gasteiger partial charge in [-0.3, -0.25) is 4.90 Å². The highest BCUT2D eigenvalue weighted by atomic mass is 16.6. The molecule has 1 fully saturated rings. The first-order valence-electron chi connectivity index (χ1n) is 8.10. The second kappa shape index (κ2) is 7.54. The van der Waals surface area contributed by atoms with Gasteiger partial charge in [0, 0.05) is 31.7 Å². The molecule has 6 heteroatoms. The van der Waals surface area contributed by atoms with E-state index in [1.807, 2.05) is 45.0 Å². The van der Waals surface area contributed by atoms with Crippen molar-refractivity contribution < 1.29 is 14.3 Å². The van der Waals surface area contributed by atoms with Crippen molar-refractivity contribution in [1.82, 2.24) is 9.80 Å². The SMILES string of the molecule is COc1ccccc1C(C#N)N1CCN(C(=O)OC(C)(C)C)CC1. The summed E-state index contributed by atoms with van der Waals surface area (Å²) in [6.45, 7) is 7.90. The summed E-state index contributed by atoms with van der Waals surface area (Å²) in [5.41, 5.74) is 0.356. The summed E-state index contributed by atoms with van der Waals surface area (Å²) in [5.74, 6) is 0.707. The van der Waals surface area contributed by atoms with Crippen LogP contribution in [-0.4, -0.2) is 54.8 Å². The van der Waals surface area contributed by atoms with Crippen LogP contribution in [0.1, 0.15) is 32.4 Å². The standard InChI is InChI=1S/C18H25N3O3/c1-18(2,3)24-17(22)21-11-9-20(10-12-21)15(13-19)14-7-5-6-8-16(14)23-4/h5-8,15H,9-12H2,1-4H3. The maximum atomic E-state index is 12.1. The van der Waals surface area contributed by atoms with Gasteiger partial charge in [0.05, 0.1) is 13.2 Å². The molecule has 2 rings (SSSR count). The lowest BCUT2D eigenvalue weighted by Gasteiger charge is -2.37. The van der Waals surface area contributed by atoms with Gasteiger partial charge >= 0.3 is 6.09 Å². The summed E-state index contributed by atoms with van der Waals surface area (Å²) in [6, 6.07) is 9.52. The second-order valence-corrected chi connectivity index (χ2v) is 6.78. The van der Waals surface area contributed by atoms with Crippen LogP contribution in [-0.2, 0) is 4.74 Å². The third-order valence-corrected chi connectivity index (χ3v) is 3.89. The molecular formula is C18H25N3O3. The smallest absolute Gasteiger partial charge is 0.410 e. The fourth-order valence-corrected chi connectivity index (χ4v) is 2.73. The molecular weight excluding hydrogens is 306 g/mol. The lowest BCUT2D eigenvalue weighted by Crippen LogP contribution is -2.50. The van der Waals surface area contributed by atoms with Crippen molar-refractivity contribution in [2.24, 2.45) is 0 Å². The number of rotatable bonds is 3. The Bertz CT molecular complexity index is 611. The fourth-order valence-electron chi connectivity index (χ4n) is 2.73. The average Bonchev–Trinajstić information content (AvgIpc) is 2.55. The molecule has 24 heavy (non-hydrogen) atoms. The van der Waals surface area contributed by atoms with E-state index in [0.717, 1.165) is 5.56 Å². The molecule has 0 saturated carbocycles. The predicted molar refractivity (Wildman–Crippen MR) is 90.7 cm³/mol. The van der Waals surface area contributed by atoms with Crippen LogP contribution in [0.4, 0.5) is 4.79 Å². The van der Waals surface area contributed by atoms with Crippen LogP contribution in [0.3, 0.4) is 0 Å². The third-order valence-electron chi connectivity index (χ3n) is 3.89. The van der Waals surface area contributed by atoms with E-state index < -0.39 is 5.60 Å². The normalized spacial score (nSPS) is 17.0. The molecule has 1 aliphatic rings. The topological polar surface area (TPSA) is 65.8 Å². The molecule has 0 spiro atoms. The van der Waals surface area contributed by atoms with Crippen LogP contribution in [0.2, 0.25) is 0 Å². The van der Waals surface area contributed by atoms with Crippen molar-refractivity contribution in [1.29, 1.82) is 5.26 Å². The molecule has 1 unspecified atom stereocenters. The molecule has 1 aromatic rings. The lowest BCUT2D eigenvalue weighted by molar-refractivity contribution is 0.0124. The van der Waals surface area contributed by atoms with Gasteiger partial charge in [0.2, 0.25) is 0 Å². The number of benzene rings is 1. The van der Waals surface area contributed by atoms with Gasteiger partial charge in [0.1, 0.15) is 17.4 Å². The Morgan fingerprint density at radius 1 is 1.21 bits per heavy atom. The molecule has 1 amide bonds. The summed E-state index contributed by atoms with van der Waals surface area (Å²) in [6.07, 6.45) is -0.298. The van der Waals surface area contributed by atoms with Gasteiger partial charge in [-0.05, 0) is 26.8 Å². The van der Waals surface area contributed by atoms with Crippen molar-refractivity contribution in [3.05, 3.63) is 29.8 Å². The molecule has 1 aliphatic heterocycles. The molecule has 0 bridgehead atoms. The molecule has 1 atom stereocenters. The predicted octanol–water partition coefficient (Wildman–Crippen LogP) is 2.81. The van der Waals surface area contributed by atoms with E-state index in [4.69, 9.17) is 9.47 Å². The number of amides is 1. The zero-order valence-electron chi connectivity index (χ0n) is 14.8. The van der Waals surface area contributed by atoms with E-state index in [-0.39, 0.29) is 12.1 Å². The summed E-state index contributed by atoms with van der Waals surface area (Å²) >= 11 is 0. The van der Waals surface area contributed by atoms with Gasteiger partial charge in [-0.25, -0.2) is 4.79 Å². The molecule has 0 radical (unpaired) electrons. The zero-order chi connectivity index (χ0) is 17.7. The summed E-state index contributed by atoms with van der Waals surface area (Å²) in [4.78, 5) is 15.9. The number of carbonyl (C=O) groups is 1. The summed E-state index contributed by atoms with van der Waals surface area (Å²) < 4.78 is 10.8. The first-order valence-corrected chi connectivity index (χ1v) is 8.10. The van der Waals surface area contributed by atoms with Crippen LogP contribution >= 0.6 is 0 Å². The van der Waals surface area contributed by atoms with Gasteiger partial charge in [-0.2, -0.15) is 5.26 Å². The van der Waals surface area contributed by atoms with Crippen molar-refractivity contribution in [3.63, 3.8) is 0 Å². The largest absolute Gasteiger partial charge is 0.496 e. The first kappa shape index (κ1) is 18.1. The fraction of sp³-hybridized carbons (Fsp3) is 0.556. The van der Waals surface area contributed by atoms with E-state index in [0.29, 0.717) is 31.9 Å². The molecule has 0 aliphatic carbocycles. The highest BCUT2D eigenvalue weighted by Crippen LogP contribution is 2.29. The Hall–Kier alpha value is -2.26. The number of nitrogens with zero attached hydrogens (tertiary/aromatic N) is 3. The van der Waals surface area contributed by atoms with E-state index in [9.17, 15) is 10.1 Å². The number of carbonyl (C=O) groups excluding carboxylic acids is 1. The maximum Gasteiger partial charge on any atom is 0.410 e. The molecule has 130 valence electrons. The molecule has 1 heterocycles. The zero-order valence-corrected chi connectivity index (χ0v) is 14.8. The average molecular weight is 331 g/mol. The number of ether oxygens (including phenoxy) is 2. The number of para-hydroxylation sites is 1. The van der Waals surface area contributed by atoms with Crippen molar-refractivity contribution in [2.45, 2.75) is 32.4 Å². The van der Waals surface area contributed by atoms with E-state index in [1.165, 1.54) is 0 Å². The van der Waals surface area contributed by atoms with Gasteiger partial charge in [-0.1, -0.05) is 18.2 Å². The molecule has 6 nitrogen and oxygen atoms in total. The van der Waals surface area contributed by atoms with Crippen molar-refractivity contribution in [3.8, 4) is 11.8 Å². The van der Waals surface area contributed by atoms with Crippen LogP contribution < -0.4 is 4.74 Å². The van der Waals surface area contributed by atoms with Crippen LogP contribution in [0.25, 0.3) is 0 Å². The van der Waals surface area contributed by atoms with E-state index in [2.05, 4.69) is 11.0 Å². The molecule has 0 N–H and O–H groups in total. The molecule has 1 saturated heterocycles. The Labute approximate surface area is 143 Å². The van der Waals surface area contributed by atoms with Crippen LogP contribution in [0.5, 0.6) is 5.75 Å². The van der Waals surface area contributed by atoms with Gasteiger partial charge in [0.15, 0.2) is 0 Å². The van der Waals surface area contributed by atoms with E-state index in [1.54, 1.807) is 12.0 Å². The van der Waals surface area contributed by atoms with E-state index >= 15 is 0 Å². The molecule has 1 aromatic carbocycles. The van der Waals surface area contributed by atoms with Crippen molar-refractivity contribution >= 4 is 6.09 Å². The number of piperazine rings is 1. The number of methoxy groups -OCH3 is 1. The van der Waals surface area contributed by atoms with Crippen LogP contribution in [0, 0.1) is 11.3 Å². The van der Waals surface area contributed by atoms with Crippen LogP contribution in [0.15, 0.2) is 24.3 Å². The number of nitriles is 1. The Balaban J connectivity index is 2.03. The first-order chi connectivity index (χ1) is 11.4. The Kier molecular flexibility index (Phi) is 5.68. The third kappa shape index (κ3) is 4.39. The quantitative estimate of drug-likeness (QED) is 0.852. The Morgan fingerprint density at radius 3 is 2.38 bits per heavy atom. The summed E-state index contributed by atoms with van der Waals surface area (Å²) in [5, 5.41) is 9.63. The highest BCUT2D eigenvalue weighted by molar-refractivity contribution is 5.68. The maximum absolute atomic E-state index is 12.1. The minimum atomic E-state index is -0.499. The highest BCUT2D eigenvalue weighted by Gasteiger charge is 2.30. The number of hydrogen-bond acceptors (Lipinski definition) is 5. The summed E-state index contributed by atoms with van der Waals surface area (Å²) in [7, 11) is 1.60. The Morgan fingerprint density at radius 2 is 1.83 bits per heavy atom. The van der Waals surface area contributed by atoms with Crippen molar-refractivity contribution in [2.75, 3.05) is 33.3 Å². The second-order valence-electron chi connectivity index (χ2n) is 6.78. The minimum Gasteiger partial charge on any atom is -0.496 e. The monoisotopic (exact) mass is 331 g/mol. The minimum absolute atomic E-state index is 0.298. The molecule has 0 aromatic heterocycles. The van der Waals surface area contributed by atoms with Gasteiger partial charge in [-0.15, -0.1) is 0 Å². The van der Waals surface area contributed by atoms with Gasteiger partial charge < -0.3 is 14.4 Å². The lowest BCUT2D eigenvalue weighted by atomic mass is 10.0. The number of hydrogen-bond donors (Lipinski definition) is 0.